The van der Waals surface area contributed by atoms with Crippen LogP contribution in [0.25, 0.3) is 16.8 Å². The Labute approximate surface area is 279 Å². The van der Waals surface area contributed by atoms with Gasteiger partial charge in [-0.05, 0) is 113 Å². The first-order valence-electron chi connectivity index (χ1n) is 17.8. The number of carbonyl (C=O) groups is 1. The van der Waals surface area contributed by atoms with Crippen molar-refractivity contribution in [2.24, 2.45) is 45.2 Å². The molecule has 2 aromatic heterocycles. The Hall–Kier alpha value is -3.99. The molecule has 4 atom stereocenters. The van der Waals surface area contributed by atoms with Crippen molar-refractivity contribution in [2.45, 2.75) is 104 Å². The highest BCUT2D eigenvalue weighted by atomic mass is 16.2. The quantitative estimate of drug-likeness (QED) is 0.275. The third-order valence-electron chi connectivity index (χ3n) is 11.5. The lowest BCUT2D eigenvalue weighted by atomic mass is 9.69. The van der Waals surface area contributed by atoms with Crippen molar-refractivity contribution in [1.29, 1.82) is 5.26 Å². The van der Waals surface area contributed by atoms with E-state index in [1.165, 1.54) is 31.4 Å². The van der Waals surface area contributed by atoms with Crippen molar-refractivity contribution >= 4 is 28.5 Å². The van der Waals surface area contributed by atoms with Crippen LogP contribution in [0.15, 0.2) is 52.8 Å². The Balaban J connectivity index is 1.00. The zero-order chi connectivity index (χ0) is 32.9. The Morgan fingerprint density at radius 1 is 0.979 bits per heavy atom. The summed E-state index contributed by atoms with van der Waals surface area (Å²) in [5, 5.41) is 30.6. The molecule has 1 aromatic carbocycles. The predicted molar refractivity (Wildman–Crippen MR) is 188 cm³/mol. The monoisotopic (exact) mass is 631 g/mol. The number of amides is 1. The number of rotatable bonds is 7. The number of anilines is 1. The van der Waals surface area contributed by atoms with Crippen LogP contribution >= 0.6 is 0 Å². The van der Waals surface area contributed by atoms with E-state index in [-0.39, 0.29) is 12.0 Å². The van der Waals surface area contributed by atoms with E-state index in [1.54, 1.807) is 6.20 Å². The van der Waals surface area contributed by atoms with Crippen molar-refractivity contribution in [3.8, 4) is 17.3 Å². The maximum Gasteiger partial charge on any atom is 0.223 e. The van der Waals surface area contributed by atoms with Gasteiger partial charge in [0.25, 0.3) is 0 Å². The summed E-state index contributed by atoms with van der Waals surface area (Å²) in [7, 11) is 0. The summed E-state index contributed by atoms with van der Waals surface area (Å²) in [4.78, 5) is 13.4. The van der Waals surface area contributed by atoms with Crippen LogP contribution in [-0.2, 0) is 4.79 Å². The average Bonchev–Trinajstić information content (AvgIpc) is 3.76. The molecule has 0 saturated heterocycles. The first kappa shape index (κ1) is 31.6. The highest BCUT2D eigenvalue weighted by Crippen LogP contribution is 2.47. The highest BCUT2D eigenvalue weighted by Gasteiger charge is 2.46. The molecule has 4 aliphatic rings. The molecule has 1 amide bonds. The molecule has 3 fully saturated rings. The number of carbonyl (C=O) groups excluding carboxylic acids is 1. The van der Waals surface area contributed by atoms with Gasteiger partial charge in [0.1, 0.15) is 6.07 Å². The molecule has 3 aromatic rings. The Morgan fingerprint density at radius 2 is 1.72 bits per heavy atom. The van der Waals surface area contributed by atoms with Crippen LogP contribution in [0.1, 0.15) is 104 Å². The smallest absolute Gasteiger partial charge is 0.223 e. The summed E-state index contributed by atoms with van der Waals surface area (Å²) in [5.74, 6) is 2.72. The van der Waals surface area contributed by atoms with Crippen LogP contribution in [0.4, 0.5) is 5.69 Å². The summed E-state index contributed by atoms with van der Waals surface area (Å²) in [6.07, 6.45) is 11.4. The van der Waals surface area contributed by atoms with E-state index in [0.717, 1.165) is 71.8 Å². The number of fused-ring (bicyclic) bond motifs is 3. The topological polar surface area (TPSA) is 107 Å². The van der Waals surface area contributed by atoms with E-state index in [1.807, 2.05) is 16.6 Å². The van der Waals surface area contributed by atoms with E-state index in [0.29, 0.717) is 40.7 Å². The van der Waals surface area contributed by atoms with Gasteiger partial charge in [0.2, 0.25) is 5.91 Å². The lowest BCUT2D eigenvalue weighted by Crippen LogP contribution is -2.48. The van der Waals surface area contributed by atoms with Crippen molar-refractivity contribution in [3.05, 3.63) is 53.7 Å². The maximum absolute atomic E-state index is 13.4. The standard InChI is InChI=1S/C39H49N7O/c1-23(2)42-34-19-26(36-15-13-31-16-24(21-40)22-41-46(31)36)10-14-32(34)35-20-33(44-45-35)29-17-27-6-7-28(18-29)37(27)43-38(47)25-8-11-30(12-9-25)39(3,4)5/h10,13-16,19,22-23,25,27-30,37,42H,6-9,11-12,17-18,20H2,1-5H3,(H,43,47)/t25?,27-,28+,29?,30?,37?. The number of hydrogen-bond acceptors (Lipinski definition) is 6. The van der Waals surface area contributed by atoms with Crippen LogP contribution in [0.5, 0.6) is 0 Å². The molecule has 3 heterocycles. The van der Waals surface area contributed by atoms with Gasteiger partial charge in [-0.15, -0.1) is 0 Å². The number of nitrogens with one attached hydrogen (secondary N) is 2. The van der Waals surface area contributed by atoms with Gasteiger partial charge in [-0.1, -0.05) is 32.9 Å². The molecular weight excluding hydrogens is 582 g/mol. The van der Waals surface area contributed by atoms with Gasteiger partial charge in [0, 0.05) is 52.9 Å². The molecular formula is C39H49N7O. The van der Waals surface area contributed by atoms with Gasteiger partial charge in [-0.25, -0.2) is 4.52 Å². The van der Waals surface area contributed by atoms with Crippen LogP contribution in [-0.4, -0.2) is 39.0 Å². The second-order valence-electron chi connectivity index (χ2n) is 16.0. The van der Waals surface area contributed by atoms with Gasteiger partial charge in [0.15, 0.2) is 0 Å². The van der Waals surface area contributed by atoms with Gasteiger partial charge in [-0.3, -0.25) is 4.79 Å². The van der Waals surface area contributed by atoms with Crippen molar-refractivity contribution in [1.82, 2.24) is 14.9 Å². The van der Waals surface area contributed by atoms with Crippen LogP contribution < -0.4 is 10.6 Å². The SMILES string of the molecule is CC(C)Nc1cc(-c2ccc3cc(C#N)cnn23)ccc1C1=NN=C(C2C[C@H]3CC[C@@H](C2)C3NC(=O)C2CCC(C(C)(C)C)CC2)C1. The molecule has 0 spiro atoms. The van der Waals surface area contributed by atoms with Crippen molar-refractivity contribution in [2.75, 3.05) is 5.32 Å². The van der Waals surface area contributed by atoms with Gasteiger partial charge in [0.05, 0.1) is 28.7 Å². The first-order chi connectivity index (χ1) is 22.6. The van der Waals surface area contributed by atoms with Crippen LogP contribution in [0.2, 0.25) is 0 Å². The molecule has 1 aliphatic heterocycles. The molecule has 2 N–H and O–H groups in total. The third kappa shape index (κ3) is 6.34. The minimum Gasteiger partial charge on any atom is -0.382 e. The molecule has 3 aliphatic carbocycles. The zero-order valence-corrected chi connectivity index (χ0v) is 28.6. The first-order valence-corrected chi connectivity index (χ1v) is 17.8. The van der Waals surface area contributed by atoms with E-state index in [2.05, 4.69) is 80.7 Å². The molecule has 8 nitrogen and oxygen atoms in total. The maximum atomic E-state index is 13.4. The van der Waals surface area contributed by atoms with E-state index >= 15 is 0 Å². The molecule has 2 bridgehead atoms. The second kappa shape index (κ2) is 12.6. The molecule has 7 rings (SSSR count). The minimum atomic E-state index is 0.185. The molecule has 47 heavy (non-hydrogen) atoms. The number of hydrogen-bond donors (Lipinski definition) is 2. The molecule has 2 unspecified atom stereocenters. The normalized spacial score (nSPS) is 27.4. The summed E-state index contributed by atoms with van der Waals surface area (Å²) in [5.41, 5.74) is 8.16. The molecule has 3 saturated carbocycles. The summed E-state index contributed by atoms with van der Waals surface area (Å²) < 4.78 is 1.88. The number of nitrogens with zero attached hydrogens (tertiary/aromatic N) is 5. The molecule has 8 heteroatoms. The Kier molecular flexibility index (Phi) is 8.44. The lowest BCUT2D eigenvalue weighted by molar-refractivity contribution is -0.128. The number of benzene rings is 1. The van der Waals surface area contributed by atoms with E-state index in [9.17, 15) is 10.1 Å². The predicted octanol–water partition coefficient (Wildman–Crippen LogP) is 8.02. The van der Waals surface area contributed by atoms with Crippen LogP contribution in [0, 0.1) is 46.3 Å². The largest absolute Gasteiger partial charge is 0.382 e. The summed E-state index contributed by atoms with van der Waals surface area (Å²) >= 11 is 0. The van der Waals surface area contributed by atoms with Gasteiger partial charge < -0.3 is 10.6 Å². The fraction of sp³-hybridized carbons (Fsp3) is 0.564. The van der Waals surface area contributed by atoms with Crippen molar-refractivity contribution < 1.29 is 4.79 Å². The Bertz CT molecular complexity index is 1750. The van der Waals surface area contributed by atoms with Crippen molar-refractivity contribution in [3.63, 3.8) is 0 Å². The van der Waals surface area contributed by atoms with E-state index < -0.39 is 0 Å². The molecule has 0 radical (unpaired) electrons. The lowest BCUT2D eigenvalue weighted by Gasteiger charge is -2.39. The minimum absolute atomic E-state index is 0.185. The fourth-order valence-electron chi connectivity index (χ4n) is 8.95. The van der Waals surface area contributed by atoms with Gasteiger partial charge >= 0.3 is 0 Å². The fourth-order valence-corrected chi connectivity index (χ4v) is 8.95. The molecule has 246 valence electrons. The average molecular weight is 632 g/mol. The third-order valence-corrected chi connectivity index (χ3v) is 11.5. The van der Waals surface area contributed by atoms with E-state index in [4.69, 9.17) is 10.2 Å². The Morgan fingerprint density at radius 3 is 2.40 bits per heavy atom. The highest BCUT2D eigenvalue weighted by molar-refractivity contribution is 6.18. The number of nitriles is 1. The van der Waals surface area contributed by atoms with Gasteiger partial charge in [-0.2, -0.15) is 20.6 Å². The summed E-state index contributed by atoms with van der Waals surface area (Å²) in [6, 6.07) is 15.1. The number of aromatic nitrogens is 2. The summed E-state index contributed by atoms with van der Waals surface area (Å²) in [6.45, 7) is 11.3. The van der Waals surface area contributed by atoms with Crippen LogP contribution in [0.3, 0.4) is 0 Å². The zero-order valence-electron chi connectivity index (χ0n) is 28.6. The second-order valence-corrected chi connectivity index (χ2v) is 16.0.